The van der Waals surface area contributed by atoms with Crippen molar-refractivity contribution < 1.29 is 4.79 Å². The van der Waals surface area contributed by atoms with Crippen molar-refractivity contribution in [3.8, 4) is 0 Å². The van der Waals surface area contributed by atoms with Crippen LogP contribution in [-0.2, 0) is 17.6 Å². The van der Waals surface area contributed by atoms with Gasteiger partial charge in [0.05, 0.1) is 18.3 Å². The first kappa shape index (κ1) is 16.2. The molecule has 2 aromatic heterocycles. The van der Waals surface area contributed by atoms with Crippen molar-refractivity contribution in [2.45, 2.75) is 19.8 Å². The SMILES string of the molecule is CCc1ccc(Nc2ccc(NC(=O)Cc3cccs3)nc2)cc1. The number of anilines is 3. The molecule has 0 atom stereocenters. The van der Waals surface area contributed by atoms with E-state index in [0.29, 0.717) is 12.2 Å². The Morgan fingerprint density at radius 1 is 1.08 bits per heavy atom. The number of carbonyl (C=O) groups is 1. The molecule has 0 bridgehead atoms. The third-order valence-electron chi connectivity index (χ3n) is 3.60. The maximum absolute atomic E-state index is 12.0. The number of nitrogens with zero attached hydrogens (tertiary/aromatic N) is 1. The van der Waals surface area contributed by atoms with E-state index in [1.807, 2.05) is 23.6 Å². The van der Waals surface area contributed by atoms with Gasteiger partial charge >= 0.3 is 0 Å². The van der Waals surface area contributed by atoms with E-state index < -0.39 is 0 Å². The zero-order valence-electron chi connectivity index (χ0n) is 13.5. The van der Waals surface area contributed by atoms with Gasteiger partial charge in [-0.05, 0) is 47.7 Å². The van der Waals surface area contributed by atoms with Crippen LogP contribution in [0.5, 0.6) is 0 Å². The molecule has 1 aromatic carbocycles. The molecule has 0 saturated carbocycles. The summed E-state index contributed by atoms with van der Waals surface area (Å²) in [5.74, 6) is 0.504. The van der Waals surface area contributed by atoms with Gasteiger partial charge < -0.3 is 10.6 Å². The highest BCUT2D eigenvalue weighted by Gasteiger charge is 2.05. The molecule has 3 rings (SSSR count). The van der Waals surface area contributed by atoms with Gasteiger partial charge in [0.15, 0.2) is 0 Å². The van der Waals surface area contributed by atoms with E-state index in [-0.39, 0.29) is 5.91 Å². The van der Waals surface area contributed by atoms with Gasteiger partial charge in [-0.1, -0.05) is 25.1 Å². The largest absolute Gasteiger partial charge is 0.354 e. The van der Waals surface area contributed by atoms with Crippen molar-refractivity contribution >= 4 is 34.4 Å². The number of aryl methyl sites for hydroxylation is 1. The zero-order chi connectivity index (χ0) is 16.8. The molecule has 3 aromatic rings. The van der Waals surface area contributed by atoms with E-state index in [1.54, 1.807) is 23.6 Å². The predicted molar refractivity (Wildman–Crippen MR) is 100.0 cm³/mol. The summed E-state index contributed by atoms with van der Waals surface area (Å²) in [5.41, 5.74) is 3.21. The Balaban J connectivity index is 1.57. The summed E-state index contributed by atoms with van der Waals surface area (Å²) in [5, 5.41) is 8.08. The van der Waals surface area contributed by atoms with Crippen molar-refractivity contribution in [2.75, 3.05) is 10.6 Å². The van der Waals surface area contributed by atoms with Crippen LogP contribution in [0.3, 0.4) is 0 Å². The fourth-order valence-electron chi connectivity index (χ4n) is 2.29. The highest BCUT2D eigenvalue weighted by atomic mass is 32.1. The molecule has 24 heavy (non-hydrogen) atoms. The van der Waals surface area contributed by atoms with Crippen molar-refractivity contribution in [1.82, 2.24) is 4.98 Å². The van der Waals surface area contributed by atoms with Crippen LogP contribution in [-0.4, -0.2) is 10.9 Å². The number of aromatic nitrogens is 1. The van der Waals surface area contributed by atoms with Crippen molar-refractivity contribution in [2.24, 2.45) is 0 Å². The van der Waals surface area contributed by atoms with Gasteiger partial charge in [0.1, 0.15) is 5.82 Å². The second kappa shape index (κ2) is 7.75. The minimum Gasteiger partial charge on any atom is -0.354 e. The lowest BCUT2D eigenvalue weighted by atomic mass is 10.1. The lowest BCUT2D eigenvalue weighted by Gasteiger charge is -2.08. The Labute approximate surface area is 145 Å². The molecule has 5 heteroatoms. The molecule has 1 amide bonds. The summed E-state index contributed by atoms with van der Waals surface area (Å²) in [6.07, 6.45) is 3.12. The minimum atomic E-state index is -0.0548. The molecular formula is C19H19N3OS. The Bertz CT molecular complexity index is 780. The average molecular weight is 337 g/mol. The molecule has 2 N–H and O–H groups in total. The third-order valence-corrected chi connectivity index (χ3v) is 4.47. The number of benzene rings is 1. The molecule has 2 heterocycles. The molecule has 0 saturated heterocycles. The normalized spacial score (nSPS) is 10.4. The Kier molecular flexibility index (Phi) is 5.23. The van der Waals surface area contributed by atoms with Gasteiger partial charge in [-0.3, -0.25) is 4.79 Å². The summed E-state index contributed by atoms with van der Waals surface area (Å²) >= 11 is 1.58. The quantitative estimate of drug-likeness (QED) is 0.689. The Hall–Kier alpha value is -2.66. The van der Waals surface area contributed by atoms with Crippen LogP contribution in [0.15, 0.2) is 60.1 Å². The number of thiophene rings is 1. The van der Waals surface area contributed by atoms with Crippen LogP contribution in [0, 0.1) is 0 Å². The van der Waals surface area contributed by atoms with Crippen LogP contribution >= 0.6 is 11.3 Å². The standard InChI is InChI=1S/C19H19N3OS/c1-2-14-5-7-15(8-6-14)21-16-9-10-18(20-13-16)22-19(23)12-17-4-3-11-24-17/h3-11,13,21H,2,12H2,1H3,(H,20,22,23). The Morgan fingerprint density at radius 3 is 2.50 bits per heavy atom. The van der Waals surface area contributed by atoms with E-state index in [4.69, 9.17) is 0 Å². The highest BCUT2D eigenvalue weighted by molar-refractivity contribution is 7.10. The van der Waals surface area contributed by atoms with Gasteiger partial charge in [-0.2, -0.15) is 0 Å². The molecule has 0 spiro atoms. The second-order valence-corrected chi connectivity index (χ2v) is 6.44. The molecule has 0 radical (unpaired) electrons. The number of pyridine rings is 1. The summed E-state index contributed by atoms with van der Waals surface area (Å²) < 4.78 is 0. The van der Waals surface area contributed by atoms with E-state index in [9.17, 15) is 4.79 Å². The number of nitrogens with one attached hydrogen (secondary N) is 2. The number of hydrogen-bond donors (Lipinski definition) is 2. The first-order chi connectivity index (χ1) is 11.7. The minimum absolute atomic E-state index is 0.0548. The summed E-state index contributed by atoms with van der Waals surface area (Å²) in [4.78, 5) is 17.3. The number of carbonyl (C=O) groups excluding carboxylic acids is 1. The topological polar surface area (TPSA) is 54.0 Å². The number of amides is 1. The molecular weight excluding hydrogens is 318 g/mol. The molecule has 4 nitrogen and oxygen atoms in total. The molecule has 0 fully saturated rings. The van der Waals surface area contributed by atoms with E-state index >= 15 is 0 Å². The summed E-state index contributed by atoms with van der Waals surface area (Å²) in [6, 6.07) is 15.9. The molecule has 0 aliphatic rings. The van der Waals surface area contributed by atoms with Crippen LogP contribution in [0.1, 0.15) is 17.4 Å². The predicted octanol–water partition coefficient (Wildman–Crippen LogP) is 4.63. The van der Waals surface area contributed by atoms with Crippen molar-refractivity contribution in [3.63, 3.8) is 0 Å². The first-order valence-electron chi connectivity index (χ1n) is 7.87. The van der Waals surface area contributed by atoms with E-state index in [2.05, 4.69) is 46.8 Å². The molecule has 0 aliphatic heterocycles. The summed E-state index contributed by atoms with van der Waals surface area (Å²) in [7, 11) is 0. The lowest BCUT2D eigenvalue weighted by molar-refractivity contribution is -0.115. The van der Waals surface area contributed by atoms with Crippen molar-refractivity contribution in [1.29, 1.82) is 0 Å². The fourth-order valence-corrected chi connectivity index (χ4v) is 2.99. The van der Waals surface area contributed by atoms with Gasteiger partial charge in [-0.15, -0.1) is 11.3 Å². The number of rotatable bonds is 6. The molecule has 0 unspecified atom stereocenters. The zero-order valence-corrected chi connectivity index (χ0v) is 14.3. The van der Waals surface area contributed by atoms with Crippen LogP contribution in [0.2, 0.25) is 0 Å². The summed E-state index contributed by atoms with van der Waals surface area (Å²) in [6.45, 7) is 2.14. The number of hydrogen-bond acceptors (Lipinski definition) is 4. The first-order valence-corrected chi connectivity index (χ1v) is 8.75. The van der Waals surface area contributed by atoms with E-state index in [1.165, 1.54) is 5.56 Å². The van der Waals surface area contributed by atoms with Crippen LogP contribution in [0.25, 0.3) is 0 Å². The van der Waals surface area contributed by atoms with Crippen LogP contribution in [0.4, 0.5) is 17.2 Å². The van der Waals surface area contributed by atoms with Gasteiger partial charge in [0.2, 0.25) is 5.91 Å². The lowest BCUT2D eigenvalue weighted by Crippen LogP contribution is -2.14. The maximum Gasteiger partial charge on any atom is 0.230 e. The van der Waals surface area contributed by atoms with Crippen LogP contribution < -0.4 is 10.6 Å². The van der Waals surface area contributed by atoms with Gasteiger partial charge in [-0.25, -0.2) is 4.98 Å². The fraction of sp³-hybridized carbons (Fsp3) is 0.158. The average Bonchev–Trinajstić information content (AvgIpc) is 3.10. The van der Waals surface area contributed by atoms with Crippen molar-refractivity contribution in [3.05, 3.63) is 70.5 Å². The molecule has 0 aliphatic carbocycles. The van der Waals surface area contributed by atoms with Gasteiger partial charge in [0, 0.05) is 10.6 Å². The van der Waals surface area contributed by atoms with E-state index in [0.717, 1.165) is 22.7 Å². The van der Waals surface area contributed by atoms with Gasteiger partial charge in [0.25, 0.3) is 0 Å². The molecule has 122 valence electrons. The third kappa shape index (κ3) is 4.43. The second-order valence-electron chi connectivity index (χ2n) is 5.41. The Morgan fingerprint density at radius 2 is 1.88 bits per heavy atom. The monoisotopic (exact) mass is 337 g/mol. The maximum atomic E-state index is 12.0. The highest BCUT2D eigenvalue weighted by Crippen LogP contribution is 2.18. The smallest absolute Gasteiger partial charge is 0.230 e.